The van der Waals surface area contributed by atoms with E-state index in [1.54, 1.807) is 4.90 Å². The largest absolute Gasteiger partial charge is 0.504 e. The standard InChI is InChI=1S/C11H13NO3/c1-2-3-12-6-7-4-9(13)10(14)5-8(7)11(12)15/h4-5,13-14H,2-3,6H2,1H3. The van der Waals surface area contributed by atoms with E-state index in [4.69, 9.17) is 0 Å². The average molecular weight is 207 g/mol. The Balaban J connectivity index is 2.37. The molecule has 0 aliphatic carbocycles. The fourth-order valence-corrected chi connectivity index (χ4v) is 1.85. The molecule has 1 aromatic carbocycles. The molecule has 4 heteroatoms. The number of nitrogens with zero attached hydrogens (tertiary/aromatic N) is 1. The van der Waals surface area contributed by atoms with Gasteiger partial charge in [-0.15, -0.1) is 0 Å². The average Bonchev–Trinajstić information content (AvgIpc) is 2.47. The Morgan fingerprint density at radius 2 is 2.00 bits per heavy atom. The predicted octanol–water partition coefficient (Wildman–Crippen LogP) is 1.46. The maximum absolute atomic E-state index is 11.8. The monoisotopic (exact) mass is 207 g/mol. The SMILES string of the molecule is CCCN1Cc2cc(O)c(O)cc2C1=O. The van der Waals surface area contributed by atoms with Crippen LogP contribution in [0.4, 0.5) is 0 Å². The molecule has 0 saturated carbocycles. The quantitative estimate of drug-likeness (QED) is 0.722. The summed E-state index contributed by atoms with van der Waals surface area (Å²) in [7, 11) is 0. The fraction of sp³-hybridized carbons (Fsp3) is 0.364. The van der Waals surface area contributed by atoms with Crippen LogP contribution in [-0.2, 0) is 6.54 Å². The van der Waals surface area contributed by atoms with E-state index in [0.717, 1.165) is 12.0 Å². The number of carbonyl (C=O) groups is 1. The van der Waals surface area contributed by atoms with Gasteiger partial charge >= 0.3 is 0 Å². The second kappa shape index (κ2) is 3.46. The summed E-state index contributed by atoms with van der Waals surface area (Å²) in [5.74, 6) is -0.470. The Hall–Kier alpha value is -1.71. The molecule has 0 spiro atoms. The fourth-order valence-electron chi connectivity index (χ4n) is 1.85. The Kier molecular flexibility index (Phi) is 2.26. The van der Waals surface area contributed by atoms with E-state index in [1.165, 1.54) is 12.1 Å². The normalized spacial score (nSPS) is 14.5. The molecule has 1 amide bonds. The summed E-state index contributed by atoms with van der Waals surface area (Å²) in [5, 5.41) is 18.6. The van der Waals surface area contributed by atoms with Crippen molar-refractivity contribution in [1.82, 2.24) is 4.90 Å². The molecule has 0 unspecified atom stereocenters. The van der Waals surface area contributed by atoms with E-state index in [2.05, 4.69) is 0 Å². The summed E-state index contributed by atoms with van der Waals surface area (Å²) in [6, 6.07) is 2.79. The molecule has 0 aromatic heterocycles. The van der Waals surface area contributed by atoms with Crippen molar-refractivity contribution in [1.29, 1.82) is 0 Å². The summed E-state index contributed by atoms with van der Waals surface area (Å²) < 4.78 is 0. The molecule has 1 aliphatic rings. The van der Waals surface area contributed by atoms with Crippen molar-refractivity contribution in [2.45, 2.75) is 19.9 Å². The number of benzene rings is 1. The summed E-state index contributed by atoms with van der Waals surface area (Å²) in [6.07, 6.45) is 0.900. The van der Waals surface area contributed by atoms with Crippen LogP contribution in [0, 0.1) is 0 Å². The van der Waals surface area contributed by atoms with Crippen LogP contribution >= 0.6 is 0 Å². The minimum atomic E-state index is -0.236. The third-order valence-electron chi connectivity index (χ3n) is 2.57. The molecule has 0 fully saturated rings. The van der Waals surface area contributed by atoms with Gasteiger partial charge in [0, 0.05) is 18.7 Å². The highest BCUT2D eigenvalue weighted by molar-refractivity contribution is 5.99. The molecule has 0 saturated heterocycles. The minimum Gasteiger partial charge on any atom is -0.504 e. The lowest BCUT2D eigenvalue weighted by Crippen LogP contribution is -2.24. The number of rotatable bonds is 2. The third kappa shape index (κ3) is 1.52. The number of aromatic hydroxyl groups is 2. The third-order valence-corrected chi connectivity index (χ3v) is 2.57. The molecular formula is C11H13NO3. The predicted molar refractivity (Wildman–Crippen MR) is 54.8 cm³/mol. The Morgan fingerprint density at radius 1 is 1.33 bits per heavy atom. The number of carbonyl (C=O) groups excluding carboxylic acids is 1. The van der Waals surface area contributed by atoms with Crippen LogP contribution in [0.5, 0.6) is 11.5 Å². The van der Waals surface area contributed by atoms with Gasteiger partial charge in [-0.3, -0.25) is 4.79 Å². The van der Waals surface area contributed by atoms with E-state index in [0.29, 0.717) is 18.7 Å². The molecule has 1 aromatic rings. The van der Waals surface area contributed by atoms with Gasteiger partial charge in [-0.2, -0.15) is 0 Å². The van der Waals surface area contributed by atoms with Crippen LogP contribution in [0.25, 0.3) is 0 Å². The van der Waals surface area contributed by atoms with Crippen molar-refractivity contribution < 1.29 is 15.0 Å². The van der Waals surface area contributed by atoms with E-state index in [-0.39, 0.29) is 17.4 Å². The lowest BCUT2D eigenvalue weighted by atomic mass is 10.1. The number of hydrogen-bond donors (Lipinski definition) is 2. The first kappa shape index (κ1) is 9.83. The van der Waals surface area contributed by atoms with Crippen molar-refractivity contribution >= 4 is 5.91 Å². The van der Waals surface area contributed by atoms with E-state index in [9.17, 15) is 15.0 Å². The van der Waals surface area contributed by atoms with E-state index in [1.807, 2.05) is 6.92 Å². The van der Waals surface area contributed by atoms with Crippen molar-refractivity contribution in [3.05, 3.63) is 23.3 Å². The van der Waals surface area contributed by atoms with Gasteiger partial charge in [0.25, 0.3) is 5.91 Å². The van der Waals surface area contributed by atoms with Gasteiger partial charge in [-0.05, 0) is 24.1 Å². The summed E-state index contributed by atoms with van der Waals surface area (Å²) in [6.45, 7) is 3.23. The molecule has 0 atom stereocenters. The van der Waals surface area contributed by atoms with Crippen molar-refractivity contribution in [3.8, 4) is 11.5 Å². The topological polar surface area (TPSA) is 60.8 Å². The summed E-state index contributed by atoms with van der Waals surface area (Å²) in [4.78, 5) is 13.5. The summed E-state index contributed by atoms with van der Waals surface area (Å²) >= 11 is 0. The van der Waals surface area contributed by atoms with Crippen molar-refractivity contribution in [2.75, 3.05) is 6.54 Å². The lowest BCUT2D eigenvalue weighted by Gasteiger charge is -2.13. The van der Waals surface area contributed by atoms with Crippen molar-refractivity contribution in [3.63, 3.8) is 0 Å². The molecule has 2 rings (SSSR count). The highest BCUT2D eigenvalue weighted by atomic mass is 16.3. The van der Waals surface area contributed by atoms with Gasteiger partial charge in [-0.25, -0.2) is 0 Å². The minimum absolute atomic E-state index is 0.0675. The maximum atomic E-state index is 11.8. The van der Waals surface area contributed by atoms with Crippen LogP contribution in [-0.4, -0.2) is 27.6 Å². The smallest absolute Gasteiger partial charge is 0.254 e. The molecule has 1 heterocycles. The van der Waals surface area contributed by atoms with Crippen LogP contribution in [0.1, 0.15) is 29.3 Å². The molecule has 80 valence electrons. The molecule has 0 radical (unpaired) electrons. The Bertz CT molecular complexity index is 415. The zero-order valence-electron chi connectivity index (χ0n) is 8.53. The van der Waals surface area contributed by atoms with Gasteiger partial charge in [0.1, 0.15) is 0 Å². The highest BCUT2D eigenvalue weighted by Crippen LogP contribution is 2.33. The number of fused-ring (bicyclic) bond motifs is 1. The zero-order valence-corrected chi connectivity index (χ0v) is 8.53. The highest BCUT2D eigenvalue weighted by Gasteiger charge is 2.27. The van der Waals surface area contributed by atoms with Crippen LogP contribution in [0.15, 0.2) is 12.1 Å². The summed E-state index contributed by atoms with van der Waals surface area (Å²) in [5.41, 5.74) is 1.28. The second-order valence-electron chi connectivity index (χ2n) is 3.72. The van der Waals surface area contributed by atoms with Crippen molar-refractivity contribution in [2.24, 2.45) is 0 Å². The van der Waals surface area contributed by atoms with Gasteiger partial charge in [0.15, 0.2) is 11.5 Å². The molecular weight excluding hydrogens is 194 g/mol. The first-order chi connectivity index (χ1) is 7.13. The molecule has 2 N–H and O–H groups in total. The molecule has 4 nitrogen and oxygen atoms in total. The first-order valence-corrected chi connectivity index (χ1v) is 4.97. The zero-order chi connectivity index (χ0) is 11.0. The second-order valence-corrected chi connectivity index (χ2v) is 3.72. The first-order valence-electron chi connectivity index (χ1n) is 4.97. The Labute approximate surface area is 87.8 Å². The van der Waals surface area contributed by atoms with Crippen LogP contribution in [0.2, 0.25) is 0 Å². The van der Waals surface area contributed by atoms with Gasteiger partial charge < -0.3 is 15.1 Å². The van der Waals surface area contributed by atoms with Crippen LogP contribution < -0.4 is 0 Å². The van der Waals surface area contributed by atoms with E-state index >= 15 is 0 Å². The maximum Gasteiger partial charge on any atom is 0.254 e. The molecule has 0 bridgehead atoms. The van der Waals surface area contributed by atoms with Crippen LogP contribution in [0.3, 0.4) is 0 Å². The molecule has 15 heavy (non-hydrogen) atoms. The number of phenols is 2. The number of phenolic OH excluding ortho intramolecular Hbond substituents is 2. The number of amides is 1. The Morgan fingerprint density at radius 3 is 2.67 bits per heavy atom. The lowest BCUT2D eigenvalue weighted by molar-refractivity contribution is 0.0778. The van der Waals surface area contributed by atoms with Gasteiger partial charge in [0.2, 0.25) is 0 Å². The molecule has 1 aliphatic heterocycles. The van der Waals surface area contributed by atoms with Gasteiger partial charge in [-0.1, -0.05) is 6.92 Å². The van der Waals surface area contributed by atoms with E-state index < -0.39 is 0 Å². The number of hydrogen-bond acceptors (Lipinski definition) is 3. The van der Waals surface area contributed by atoms with Gasteiger partial charge in [0.05, 0.1) is 0 Å².